The van der Waals surface area contributed by atoms with Crippen molar-refractivity contribution in [2.24, 2.45) is 0 Å². The topological polar surface area (TPSA) is 66.6 Å². The van der Waals surface area contributed by atoms with Crippen LogP contribution < -0.4 is 4.74 Å². The number of hydrogen-bond donors (Lipinski definition) is 2. The molecule has 2 aromatic heterocycles. The molecule has 0 aliphatic rings. The smallest absolute Gasteiger partial charge is 0.138 e. The number of aromatic nitrogens is 4. The van der Waals surface area contributed by atoms with Crippen LogP contribution in [0.1, 0.15) is 72.2 Å². The molecule has 0 atom stereocenters. The van der Waals surface area contributed by atoms with E-state index in [9.17, 15) is 0 Å². The fourth-order valence-electron chi connectivity index (χ4n) is 4.54. The Labute approximate surface area is 213 Å². The fraction of sp³-hybridized carbons (Fsp3) is 0.355. The van der Waals surface area contributed by atoms with E-state index in [4.69, 9.17) is 14.7 Å². The highest BCUT2D eigenvalue weighted by atomic mass is 16.5. The molecule has 0 amide bonds. The zero-order chi connectivity index (χ0) is 25.5. The summed E-state index contributed by atoms with van der Waals surface area (Å²) < 4.78 is 6.24. The van der Waals surface area contributed by atoms with Crippen molar-refractivity contribution < 1.29 is 4.74 Å². The Bertz CT molecular complexity index is 1520. The molecular formula is C31H36N4O. The number of rotatable bonds is 8. The number of imidazole rings is 2. The van der Waals surface area contributed by atoms with E-state index >= 15 is 0 Å². The third-order valence-electron chi connectivity index (χ3n) is 8.08. The minimum atomic E-state index is 0.0508. The average Bonchev–Trinajstić information content (AvgIpc) is 3.52. The predicted molar refractivity (Wildman–Crippen MR) is 149 cm³/mol. The van der Waals surface area contributed by atoms with E-state index in [2.05, 4.69) is 75.8 Å². The highest BCUT2D eigenvalue weighted by Gasteiger charge is 2.26. The number of aromatic amines is 2. The predicted octanol–water partition coefficient (Wildman–Crippen LogP) is 8.66. The third-order valence-corrected chi connectivity index (χ3v) is 8.08. The number of fused-ring (bicyclic) bond motifs is 2. The standard InChI is InChI=1S/C31H36N4O/c1-7-30(4,5)21-12-10-11-20(17-21)28-32-24-15-13-22(18-26(24)33-28)36-23-14-16-25-27(19-23)35-29(34-25)31(6,8-2)9-3/h10-19H,7-9H2,1-6H3,(H,32,33)(H,34,35). The molecular weight excluding hydrogens is 444 g/mol. The largest absolute Gasteiger partial charge is 0.457 e. The second-order valence-corrected chi connectivity index (χ2v) is 10.7. The van der Waals surface area contributed by atoms with Gasteiger partial charge in [-0.05, 0) is 60.6 Å². The van der Waals surface area contributed by atoms with Crippen molar-refractivity contribution in [1.29, 1.82) is 0 Å². The first-order valence-electron chi connectivity index (χ1n) is 13.0. The molecule has 5 aromatic rings. The van der Waals surface area contributed by atoms with Gasteiger partial charge in [-0.25, -0.2) is 9.97 Å². The van der Waals surface area contributed by atoms with Crippen molar-refractivity contribution in [1.82, 2.24) is 19.9 Å². The first kappa shape index (κ1) is 24.1. The molecule has 0 aliphatic heterocycles. The number of H-pyrrole nitrogens is 2. The molecule has 2 heterocycles. The fourth-order valence-corrected chi connectivity index (χ4v) is 4.54. The van der Waals surface area contributed by atoms with Gasteiger partial charge in [0, 0.05) is 23.1 Å². The molecule has 3 aromatic carbocycles. The molecule has 36 heavy (non-hydrogen) atoms. The van der Waals surface area contributed by atoms with Crippen LogP contribution in [0.25, 0.3) is 33.5 Å². The summed E-state index contributed by atoms with van der Waals surface area (Å²) in [6, 6.07) is 20.7. The molecule has 0 saturated carbocycles. The lowest BCUT2D eigenvalue weighted by Gasteiger charge is -2.23. The van der Waals surface area contributed by atoms with E-state index in [-0.39, 0.29) is 10.8 Å². The Kier molecular flexibility index (Phi) is 6.11. The van der Waals surface area contributed by atoms with E-state index in [1.54, 1.807) is 0 Å². The number of nitrogens with zero attached hydrogens (tertiary/aromatic N) is 2. The van der Waals surface area contributed by atoms with E-state index in [0.29, 0.717) is 0 Å². The molecule has 0 spiro atoms. The number of hydrogen-bond acceptors (Lipinski definition) is 3. The van der Waals surface area contributed by atoms with Crippen LogP contribution in [-0.4, -0.2) is 19.9 Å². The molecule has 0 aliphatic carbocycles. The summed E-state index contributed by atoms with van der Waals surface area (Å²) in [4.78, 5) is 16.7. The van der Waals surface area contributed by atoms with Crippen LogP contribution >= 0.6 is 0 Å². The van der Waals surface area contributed by atoms with Crippen LogP contribution in [0, 0.1) is 0 Å². The van der Waals surface area contributed by atoms with Gasteiger partial charge < -0.3 is 14.7 Å². The van der Waals surface area contributed by atoms with Crippen molar-refractivity contribution in [3.63, 3.8) is 0 Å². The average molecular weight is 481 g/mol. The van der Waals surface area contributed by atoms with Gasteiger partial charge in [0.15, 0.2) is 0 Å². The van der Waals surface area contributed by atoms with Crippen LogP contribution in [0.5, 0.6) is 11.5 Å². The molecule has 0 fully saturated rings. The maximum absolute atomic E-state index is 6.24. The molecule has 2 N–H and O–H groups in total. The van der Waals surface area contributed by atoms with E-state index in [1.165, 1.54) is 5.56 Å². The van der Waals surface area contributed by atoms with E-state index in [1.807, 2.05) is 36.4 Å². The van der Waals surface area contributed by atoms with E-state index in [0.717, 1.165) is 70.0 Å². The second kappa shape index (κ2) is 9.12. The second-order valence-electron chi connectivity index (χ2n) is 10.7. The summed E-state index contributed by atoms with van der Waals surface area (Å²) in [5.41, 5.74) is 6.43. The van der Waals surface area contributed by atoms with Gasteiger partial charge in [-0.3, -0.25) is 0 Å². The molecule has 0 unspecified atom stereocenters. The molecule has 5 heteroatoms. The maximum Gasteiger partial charge on any atom is 0.138 e. The maximum atomic E-state index is 6.24. The van der Waals surface area contributed by atoms with E-state index < -0.39 is 0 Å². The monoisotopic (exact) mass is 480 g/mol. The van der Waals surface area contributed by atoms with Crippen LogP contribution in [-0.2, 0) is 10.8 Å². The number of nitrogens with one attached hydrogen (secondary N) is 2. The molecule has 5 nitrogen and oxygen atoms in total. The van der Waals surface area contributed by atoms with Gasteiger partial charge in [-0.2, -0.15) is 0 Å². The summed E-state index contributed by atoms with van der Waals surface area (Å²) in [6.45, 7) is 13.5. The Hall–Kier alpha value is -3.60. The Morgan fingerprint density at radius 1 is 0.722 bits per heavy atom. The minimum Gasteiger partial charge on any atom is -0.457 e. The summed E-state index contributed by atoms with van der Waals surface area (Å²) in [6.07, 6.45) is 3.17. The first-order valence-corrected chi connectivity index (χ1v) is 13.0. The van der Waals surface area contributed by atoms with Crippen molar-refractivity contribution in [2.45, 2.75) is 71.6 Å². The Balaban J connectivity index is 1.42. The lowest BCUT2D eigenvalue weighted by Crippen LogP contribution is -2.21. The zero-order valence-electron chi connectivity index (χ0n) is 22.2. The van der Waals surface area contributed by atoms with Gasteiger partial charge in [0.2, 0.25) is 0 Å². The molecule has 0 bridgehead atoms. The van der Waals surface area contributed by atoms with Crippen LogP contribution in [0.4, 0.5) is 0 Å². The number of benzene rings is 3. The van der Waals surface area contributed by atoms with Crippen LogP contribution in [0.3, 0.4) is 0 Å². The van der Waals surface area contributed by atoms with Crippen LogP contribution in [0.15, 0.2) is 60.7 Å². The van der Waals surface area contributed by atoms with Gasteiger partial charge in [-0.15, -0.1) is 0 Å². The molecule has 0 saturated heterocycles. The summed E-state index contributed by atoms with van der Waals surface area (Å²) >= 11 is 0. The Morgan fingerprint density at radius 2 is 1.36 bits per heavy atom. The SMILES string of the molecule is CCC(C)(C)c1cccc(-c2nc3ccc(Oc4ccc5nc(C(C)(CC)CC)[nH]c5c4)cc3[nH]2)c1. The van der Waals surface area contributed by atoms with Gasteiger partial charge in [0.05, 0.1) is 22.1 Å². The lowest BCUT2D eigenvalue weighted by atomic mass is 9.81. The third kappa shape index (κ3) is 4.39. The van der Waals surface area contributed by atoms with Crippen molar-refractivity contribution in [3.05, 3.63) is 72.1 Å². The highest BCUT2D eigenvalue weighted by molar-refractivity contribution is 5.81. The van der Waals surface area contributed by atoms with Crippen molar-refractivity contribution in [2.75, 3.05) is 0 Å². The molecule has 5 rings (SSSR count). The van der Waals surface area contributed by atoms with Gasteiger partial charge in [0.1, 0.15) is 23.1 Å². The van der Waals surface area contributed by atoms with Crippen LogP contribution in [0.2, 0.25) is 0 Å². The van der Waals surface area contributed by atoms with Crippen molar-refractivity contribution in [3.8, 4) is 22.9 Å². The lowest BCUT2D eigenvalue weighted by molar-refractivity contribution is 0.416. The summed E-state index contributed by atoms with van der Waals surface area (Å²) in [5, 5.41) is 0. The number of ether oxygens (including phenoxy) is 1. The molecule has 0 radical (unpaired) electrons. The summed E-state index contributed by atoms with van der Waals surface area (Å²) in [7, 11) is 0. The van der Waals surface area contributed by atoms with Gasteiger partial charge >= 0.3 is 0 Å². The van der Waals surface area contributed by atoms with Gasteiger partial charge in [-0.1, -0.05) is 59.7 Å². The normalized spacial score (nSPS) is 12.5. The minimum absolute atomic E-state index is 0.0508. The summed E-state index contributed by atoms with van der Waals surface area (Å²) in [5.74, 6) is 3.46. The Morgan fingerprint density at radius 3 is 2.00 bits per heavy atom. The first-order chi connectivity index (χ1) is 17.2. The van der Waals surface area contributed by atoms with Crippen molar-refractivity contribution >= 4 is 22.1 Å². The molecule has 186 valence electrons. The quantitative estimate of drug-likeness (QED) is 0.233. The zero-order valence-corrected chi connectivity index (χ0v) is 22.2. The highest BCUT2D eigenvalue weighted by Crippen LogP contribution is 2.33. The van der Waals surface area contributed by atoms with Gasteiger partial charge in [0.25, 0.3) is 0 Å².